The van der Waals surface area contributed by atoms with Crippen LogP contribution in [-0.2, 0) is 12.8 Å². The molecule has 0 saturated carbocycles. The van der Waals surface area contributed by atoms with Crippen molar-refractivity contribution >= 4 is 11.9 Å². The molecule has 0 aromatic carbocycles. The van der Waals surface area contributed by atoms with Gasteiger partial charge in [0, 0.05) is 31.2 Å². The summed E-state index contributed by atoms with van der Waals surface area (Å²) in [5, 5.41) is 3.26. The zero-order valence-electron chi connectivity index (χ0n) is 13.8. The van der Waals surface area contributed by atoms with Crippen molar-refractivity contribution in [2.24, 2.45) is 0 Å². The van der Waals surface area contributed by atoms with Crippen LogP contribution in [-0.4, -0.2) is 39.9 Å². The average Bonchev–Trinajstić information content (AvgIpc) is 2.93. The second-order valence-corrected chi connectivity index (χ2v) is 6.16. The average molecular weight is 314 g/mol. The lowest BCUT2D eigenvalue weighted by molar-refractivity contribution is 0.0762. The van der Waals surface area contributed by atoms with Gasteiger partial charge < -0.3 is 14.6 Å². The molecule has 0 spiro atoms. The Labute approximate surface area is 135 Å². The molecule has 122 valence electrons. The molecule has 2 aromatic rings. The highest BCUT2D eigenvalue weighted by Gasteiger charge is 2.23. The van der Waals surface area contributed by atoms with Gasteiger partial charge in [0.15, 0.2) is 0 Å². The van der Waals surface area contributed by atoms with Gasteiger partial charge in [0.05, 0.1) is 17.5 Å². The highest BCUT2D eigenvalue weighted by molar-refractivity contribution is 5.93. The molecule has 0 atom stereocenters. The fourth-order valence-corrected chi connectivity index (χ4v) is 2.88. The topological polar surface area (TPSA) is 71.3 Å². The number of fused-ring (bicyclic) bond motifs is 1. The molecule has 2 aromatic heterocycles. The van der Waals surface area contributed by atoms with E-state index in [0.29, 0.717) is 24.6 Å². The Morgan fingerprint density at radius 2 is 2.09 bits per heavy atom. The van der Waals surface area contributed by atoms with Crippen molar-refractivity contribution in [3.8, 4) is 0 Å². The van der Waals surface area contributed by atoms with Crippen molar-refractivity contribution in [1.29, 1.82) is 0 Å². The number of rotatable bonds is 3. The summed E-state index contributed by atoms with van der Waals surface area (Å²) in [6, 6.07) is 1.99. The summed E-state index contributed by atoms with van der Waals surface area (Å²) in [4.78, 5) is 23.5. The molecule has 0 saturated heterocycles. The molecule has 0 radical (unpaired) electrons. The van der Waals surface area contributed by atoms with Crippen LogP contribution in [0, 0.1) is 6.92 Å². The molecular weight excluding hydrogens is 292 g/mol. The standard InChI is InChI=1S/C17H22N4O2/c1-11(2)18-17-19-12(3)14-4-7-21(8-5-15(14)20-17)16(22)13-6-9-23-10-13/h6,9-11H,4-5,7-8H2,1-3H3,(H,18,19,20). The SMILES string of the molecule is Cc1nc(NC(C)C)nc2c1CCN(C(=O)c1ccoc1)CC2. The van der Waals surface area contributed by atoms with E-state index in [1.165, 1.54) is 18.1 Å². The van der Waals surface area contributed by atoms with Crippen LogP contribution < -0.4 is 5.32 Å². The molecule has 1 N–H and O–H groups in total. The zero-order valence-corrected chi connectivity index (χ0v) is 13.8. The molecule has 23 heavy (non-hydrogen) atoms. The van der Waals surface area contributed by atoms with Crippen molar-refractivity contribution in [1.82, 2.24) is 14.9 Å². The van der Waals surface area contributed by atoms with E-state index in [-0.39, 0.29) is 11.9 Å². The van der Waals surface area contributed by atoms with Gasteiger partial charge in [-0.2, -0.15) is 0 Å². The molecule has 6 heteroatoms. The largest absolute Gasteiger partial charge is 0.472 e. The summed E-state index contributed by atoms with van der Waals surface area (Å²) >= 11 is 0. The van der Waals surface area contributed by atoms with Crippen LogP contribution in [0.15, 0.2) is 23.0 Å². The maximum atomic E-state index is 12.5. The minimum atomic E-state index is 0.0118. The maximum absolute atomic E-state index is 12.5. The summed E-state index contributed by atoms with van der Waals surface area (Å²) in [7, 11) is 0. The number of furan rings is 1. The van der Waals surface area contributed by atoms with Gasteiger partial charge in [0.25, 0.3) is 5.91 Å². The lowest BCUT2D eigenvalue weighted by Gasteiger charge is -2.19. The molecule has 6 nitrogen and oxygen atoms in total. The lowest BCUT2D eigenvalue weighted by atomic mass is 10.1. The number of aromatic nitrogens is 2. The Morgan fingerprint density at radius 3 is 2.78 bits per heavy atom. The third-order valence-electron chi connectivity index (χ3n) is 4.02. The van der Waals surface area contributed by atoms with E-state index in [1.54, 1.807) is 6.07 Å². The first-order valence-corrected chi connectivity index (χ1v) is 7.99. The predicted octanol–water partition coefficient (Wildman–Crippen LogP) is 2.44. The molecule has 0 aliphatic carbocycles. The Bertz CT molecular complexity index is 695. The minimum Gasteiger partial charge on any atom is -0.472 e. The van der Waals surface area contributed by atoms with Crippen LogP contribution in [0.1, 0.15) is 41.2 Å². The third kappa shape index (κ3) is 3.36. The fourth-order valence-electron chi connectivity index (χ4n) is 2.88. The highest BCUT2D eigenvalue weighted by Crippen LogP contribution is 2.20. The van der Waals surface area contributed by atoms with E-state index in [9.17, 15) is 4.79 Å². The molecule has 1 aliphatic rings. The van der Waals surface area contributed by atoms with Crippen molar-refractivity contribution < 1.29 is 9.21 Å². The fraction of sp³-hybridized carbons (Fsp3) is 0.471. The van der Waals surface area contributed by atoms with Gasteiger partial charge in [-0.05, 0) is 38.8 Å². The van der Waals surface area contributed by atoms with Crippen LogP contribution in [0.3, 0.4) is 0 Å². The number of anilines is 1. The second-order valence-electron chi connectivity index (χ2n) is 6.16. The quantitative estimate of drug-likeness (QED) is 0.942. The summed E-state index contributed by atoms with van der Waals surface area (Å²) in [5.74, 6) is 0.684. The second kappa shape index (κ2) is 6.40. The number of aryl methyl sites for hydroxylation is 1. The van der Waals surface area contributed by atoms with Gasteiger partial charge in [-0.3, -0.25) is 4.79 Å². The predicted molar refractivity (Wildman–Crippen MR) is 87.5 cm³/mol. The van der Waals surface area contributed by atoms with E-state index in [1.807, 2.05) is 11.8 Å². The lowest BCUT2D eigenvalue weighted by Crippen LogP contribution is -2.33. The monoisotopic (exact) mass is 314 g/mol. The number of hydrogen-bond donors (Lipinski definition) is 1. The molecule has 1 amide bonds. The van der Waals surface area contributed by atoms with E-state index in [4.69, 9.17) is 4.42 Å². The smallest absolute Gasteiger partial charge is 0.257 e. The van der Waals surface area contributed by atoms with Gasteiger partial charge >= 0.3 is 0 Å². The number of carbonyl (C=O) groups excluding carboxylic acids is 1. The number of nitrogens with zero attached hydrogens (tertiary/aromatic N) is 3. The van der Waals surface area contributed by atoms with E-state index in [0.717, 1.165) is 24.2 Å². The molecule has 3 rings (SSSR count). The first-order valence-electron chi connectivity index (χ1n) is 7.99. The Morgan fingerprint density at radius 1 is 1.30 bits per heavy atom. The zero-order chi connectivity index (χ0) is 16.4. The third-order valence-corrected chi connectivity index (χ3v) is 4.02. The van der Waals surface area contributed by atoms with Crippen LogP contribution in [0.25, 0.3) is 0 Å². The van der Waals surface area contributed by atoms with Crippen LogP contribution in [0.5, 0.6) is 0 Å². The van der Waals surface area contributed by atoms with Gasteiger partial charge in [-0.1, -0.05) is 0 Å². The molecule has 1 aliphatic heterocycles. The molecular formula is C17H22N4O2. The maximum Gasteiger partial charge on any atom is 0.257 e. The summed E-state index contributed by atoms with van der Waals surface area (Å²) < 4.78 is 5.01. The number of hydrogen-bond acceptors (Lipinski definition) is 5. The number of carbonyl (C=O) groups is 1. The van der Waals surface area contributed by atoms with Gasteiger partial charge in [-0.25, -0.2) is 9.97 Å². The van der Waals surface area contributed by atoms with Crippen molar-refractivity contribution in [3.63, 3.8) is 0 Å². The molecule has 3 heterocycles. The first-order chi connectivity index (χ1) is 11.0. The molecule has 0 unspecified atom stereocenters. The van der Waals surface area contributed by atoms with Crippen molar-refractivity contribution in [2.75, 3.05) is 18.4 Å². The van der Waals surface area contributed by atoms with E-state index < -0.39 is 0 Å². The van der Waals surface area contributed by atoms with E-state index >= 15 is 0 Å². The summed E-state index contributed by atoms with van der Waals surface area (Å²) in [5.41, 5.74) is 3.81. The first kappa shape index (κ1) is 15.5. The Hall–Kier alpha value is -2.37. The molecule has 0 bridgehead atoms. The summed E-state index contributed by atoms with van der Waals surface area (Å²) in [6.45, 7) is 7.48. The van der Waals surface area contributed by atoms with Crippen molar-refractivity contribution in [2.45, 2.75) is 39.7 Å². The number of nitrogens with one attached hydrogen (secondary N) is 1. The van der Waals surface area contributed by atoms with Gasteiger partial charge in [0.1, 0.15) is 6.26 Å². The van der Waals surface area contributed by atoms with Crippen LogP contribution >= 0.6 is 0 Å². The Balaban J connectivity index is 1.79. The van der Waals surface area contributed by atoms with Crippen LogP contribution in [0.2, 0.25) is 0 Å². The highest BCUT2D eigenvalue weighted by atomic mass is 16.3. The van der Waals surface area contributed by atoms with E-state index in [2.05, 4.69) is 29.1 Å². The van der Waals surface area contributed by atoms with Gasteiger partial charge in [-0.15, -0.1) is 0 Å². The molecule has 0 fully saturated rings. The number of amides is 1. The normalized spacial score (nSPS) is 14.5. The van der Waals surface area contributed by atoms with Crippen LogP contribution in [0.4, 0.5) is 5.95 Å². The minimum absolute atomic E-state index is 0.0118. The van der Waals surface area contributed by atoms with Gasteiger partial charge in [0.2, 0.25) is 5.95 Å². The summed E-state index contributed by atoms with van der Waals surface area (Å²) in [6.07, 6.45) is 4.55. The van der Waals surface area contributed by atoms with Crippen molar-refractivity contribution in [3.05, 3.63) is 41.1 Å². The Kier molecular flexibility index (Phi) is 4.32.